The topological polar surface area (TPSA) is 176 Å². The summed E-state index contributed by atoms with van der Waals surface area (Å²) in [4.78, 5) is 15.4. The number of unbranched alkanes of at least 4 members (excludes halogenated alkanes) is 38. The summed E-state index contributed by atoms with van der Waals surface area (Å²) in [5.74, 6) is -0.936. The molecule has 13 heteroatoms. The number of hydrogen-bond acceptors (Lipinski definition) is 8. The molecule has 0 heterocycles. The summed E-state index contributed by atoms with van der Waals surface area (Å²) in [6.07, 6.45) is 54.8. The molecule has 0 saturated heterocycles. The monoisotopic (exact) mass is 989 g/mol. The Kier molecular flexibility index (Phi) is 58.6. The minimum Gasteiger partial charge on any atom is -0.862 e. The van der Waals surface area contributed by atoms with E-state index in [2.05, 4.69) is 24.2 Å². The van der Waals surface area contributed by atoms with Crippen LogP contribution in [0.2, 0.25) is 0 Å². The minimum absolute atomic E-state index is 0. The third kappa shape index (κ3) is 68.4. The van der Waals surface area contributed by atoms with Crippen LogP contribution in [0.4, 0.5) is 0 Å². The zero-order valence-electron chi connectivity index (χ0n) is 42.7. The number of nitrogens with zero attached hydrogens (tertiary/aromatic N) is 1. The smallest absolute Gasteiger partial charge is 0.862 e. The number of carbonyl (C=O) groups is 1. The van der Waals surface area contributed by atoms with E-state index >= 15 is 0 Å². The maximum atomic E-state index is 11.6. The molecule has 2 N–H and O–H groups in total. The Morgan fingerprint density at radius 1 is 0.431 bits per heavy atom. The molecule has 0 aromatic carbocycles. The van der Waals surface area contributed by atoms with Gasteiger partial charge in [0.05, 0.1) is 15.9 Å². The van der Waals surface area contributed by atoms with Gasteiger partial charge < -0.3 is 20.0 Å². The van der Waals surface area contributed by atoms with Gasteiger partial charge in [0.25, 0.3) is 10.1 Å². The van der Waals surface area contributed by atoms with E-state index in [1.54, 1.807) is 0 Å². The van der Waals surface area contributed by atoms with Gasteiger partial charge in [-0.25, -0.2) is 8.42 Å². The molecule has 0 bridgehead atoms. The van der Waals surface area contributed by atoms with Crippen molar-refractivity contribution in [3.63, 3.8) is 0 Å². The Morgan fingerprint density at radius 3 is 0.985 bits per heavy atom. The van der Waals surface area contributed by atoms with Crippen LogP contribution in [0.25, 0.3) is 0 Å². The molecule has 1 amide bonds. The van der Waals surface area contributed by atoms with Crippen molar-refractivity contribution in [3.8, 4) is 0 Å². The van der Waals surface area contributed by atoms with Gasteiger partial charge in [-0.05, 0) is 38.0 Å². The third-order valence-corrected chi connectivity index (χ3v) is 13.8. The molecule has 0 atom stereocenters. The molecular weight excluding hydrogens is 885 g/mol. The number of aliphatic imine (C=N–C) groups is 1. The van der Waals surface area contributed by atoms with Crippen molar-refractivity contribution in [1.82, 2.24) is 5.32 Å². The number of rotatable bonds is 50. The average Bonchev–Trinajstić information content (AvgIpc) is 3.25. The fourth-order valence-electron chi connectivity index (χ4n) is 8.17. The van der Waals surface area contributed by atoms with E-state index in [0.717, 1.165) is 25.7 Å². The summed E-state index contributed by atoms with van der Waals surface area (Å²) in [6, 6.07) is 0. The summed E-state index contributed by atoms with van der Waals surface area (Å²) in [6.45, 7) is 5.00. The van der Waals surface area contributed by atoms with E-state index in [1.165, 1.54) is 231 Å². The first-order chi connectivity index (χ1) is 30.9. The van der Waals surface area contributed by atoms with Gasteiger partial charge in [-0.15, -0.1) is 0 Å². The Labute approximate surface area is 433 Å². The number of nitrogens with one attached hydrogen (secondary N) is 1. The van der Waals surface area contributed by atoms with Crippen molar-refractivity contribution >= 4 is 69.8 Å². The van der Waals surface area contributed by atoms with Crippen LogP contribution in [0, 0.1) is 0 Å². The second-order valence-corrected chi connectivity index (χ2v) is 21.9. The van der Waals surface area contributed by atoms with Crippen LogP contribution < -0.4 is 10.4 Å². The molecule has 0 saturated carbocycles. The van der Waals surface area contributed by atoms with Gasteiger partial charge in [0, 0.05) is 25.3 Å². The van der Waals surface area contributed by atoms with Gasteiger partial charge in [0.2, 0.25) is 5.91 Å². The molecule has 384 valence electrons. The Morgan fingerprint density at radius 2 is 0.708 bits per heavy atom. The fraction of sp³-hybridized carbons (Fsp3) is 0.962. The molecule has 0 aromatic heterocycles. The summed E-state index contributed by atoms with van der Waals surface area (Å²) in [5, 5.41) is 14.3. The van der Waals surface area contributed by atoms with Crippen LogP contribution in [0.3, 0.4) is 0 Å². The van der Waals surface area contributed by atoms with Crippen LogP contribution in [0.15, 0.2) is 4.99 Å². The van der Waals surface area contributed by atoms with Gasteiger partial charge in [-0.2, -0.15) is 8.42 Å². The molecule has 0 aliphatic rings. The van der Waals surface area contributed by atoms with E-state index in [9.17, 15) is 31.3 Å². The zero-order valence-corrected chi connectivity index (χ0v) is 46.6. The van der Waals surface area contributed by atoms with Crippen molar-refractivity contribution in [2.24, 2.45) is 4.99 Å². The third-order valence-electron chi connectivity index (χ3n) is 12.2. The zero-order chi connectivity index (χ0) is 47.5. The number of hydrogen-bond donors (Lipinski definition) is 2. The molecular formula is C52H104CaN2O8S2. The predicted molar refractivity (Wildman–Crippen MR) is 277 cm³/mol. The molecule has 0 radical (unpaired) electrons. The number of amides is 1. The van der Waals surface area contributed by atoms with E-state index < -0.39 is 26.0 Å². The molecule has 65 heavy (non-hydrogen) atoms. The minimum atomic E-state index is -4.19. The molecule has 0 aliphatic heterocycles. The summed E-state index contributed by atoms with van der Waals surface area (Å²) < 4.78 is 61.2. The van der Waals surface area contributed by atoms with Gasteiger partial charge in [0.1, 0.15) is 0 Å². The quantitative estimate of drug-likeness (QED) is 0.0199. The Bertz CT molecular complexity index is 1220. The first-order valence-corrected chi connectivity index (χ1v) is 30.5. The van der Waals surface area contributed by atoms with Crippen LogP contribution >= 0.6 is 0 Å². The summed E-state index contributed by atoms with van der Waals surface area (Å²) in [7, 11) is -8.11. The van der Waals surface area contributed by atoms with E-state index in [4.69, 9.17) is 4.55 Å². The standard InChI is InChI=1S/2C26H53NO4S.Ca/c2*1-2-3-4-5-6-7-8-9-10-11-12-13-14-15-16-17-18-19-20-21-23-26(28)27-24-22-25-32(29,30)31;/h2*2-25H2,1H3,(H,27,28)(H,29,30,31);/q;;+2/p-2. The van der Waals surface area contributed by atoms with Gasteiger partial charge in [-0.3, -0.25) is 9.35 Å². The maximum Gasteiger partial charge on any atom is 2.00 e. The average molecular weight is 990 g/mol. The predicted octanol–water partition coefficient (Wildman–Crippen LogP) is 14.1. The largest absolute Gasteiger partial charge is 2.00 e. The van der Waals surface area contributed by atoms with E-state index in [-0.39, 0.29) is 74.7 Å². The van der Waals surface area contributed by atoms with Gasteiger partial charge >= 0.3 is 37.7 Å². The van der Waals surface area contributed by atoms with Crippen LogP contribution in [0.1, 0.15) is 296 Å². The number of carbonyl (C=O) groups excluding carboxylic acids is 1. The first-order valence-electron chi connectivity index (χ1n) is 27.3. The van der Waals surface area contributed by atoms with Crippen molar-refractivity contribution in [3.05, 3.63) is 0 Å². The van der Waals surface area contributed by atoms with Crippen molar-refractivity contribution in [1.29, 1.82) is 0 Å². The first kappa shape index (κ1) is 69.3. The van der Waals surface area contributed by atoms with Crippen LogP contribution in [-0.4, -0.2) is 100 Å². The van der Waals surface area contributed by atoms with Crippen molar-refractivity contribution < 1.29 is 35.8 Å². The molecule has 10 nitrogen and oxygen atoms in total. The van der Waals surface area contributed by atoms with Crippen molar-refractivity contribution in [2.75, 3.05) is 24.6 Å². The Hall–Kier alpha value is 0.0197. The summed E-state index contributed by atoms with van der Waals surface area (Å²) in [5.41, 5.74) is 0. The van der Waals surface area contributed by atoms with Crippen LogP contribution in [-0.2, 0) is 25.0 Å². The Balaban J connectivity index is -0.00000116. The van der Waals surface area contributed by atoms with E-state index in [0.29, 0.717) is 19.4 Å². The van der Waals surface area contributed by atoms with Crippen LogP contribution in [0.5, 0.6) is 0 Å². The van der Waals surface area contributed by atoms with Crippen molar-refractivity contribution in [2.45, 2.75) is 296 Å². The normalized spacial score (nSPS) is 11.9. The second-order valence-electron chi connectivity index (χ2n) is 18.8. The molecule has 0 rings (SSSR count). The second kappa shape index (κ2) is 55.0. The van der Waals surface area contributed by atoms with E-state index in [1.807, 2.05) is 0 Å². The van der Waals surface area contributed by atoms with Gasteiger partial charge in [0.15, 0.2) is 0 Å². The molecule has 0 fully saturated rings. The molecule has 0 spiro atoms. The molecule has 0 aromatic rings. The summed E-state index contributed by atoms with van der Waals surface area (Å²) >= 11 is 0. The molecule has 0 unspecified atom stereocenters. The molecule has 0 aliphatic carbocycles. The fourth-order valence-corrected chi connectivity index (χ4v) is 9.16. The SMILES string of the molecule is CCCCCCCCCCCCCCCCCCCCCCC(=O)NCCCS(=O)(=O)O.CCCCCCCCCCCCCCCCCCCCCCC([O-])=NCCCS(=O)(=O)[O-].[Ca+2]. The van der Waals surface area contributed by atoms with Gasteiger partial charge in [-0.1, -0.05) is 258 Å². The maximum absolute atomic E-state index is 11.6.